The molecule has 2 fully saturated rings. The summed E-state index contributed by atoms with van der Waals surface area (Å²) in [5, 5.41) is 0. The van der Waals surface area contributed by atoms with E-state index in [1.807, 2.05) is 6.92 Å². The maximum absolute atomic E-state index is 6.31. The molecule has 2 heterocycles. The molecule has 1 aromatic rings. The van der Waals surface area contributed by atoms with Crippen molar-refractivity contribution in [1.82, 2.24) is 4.90 Å². The maximum Gasteiger partial charge on any atom is 0.129 e. The molecule has 0 bridgehead atoms. The van der Waals surface area contributed by atoms with E-state index in [1.165, 1.54) is 18.4 Å². The van der Waals surface area contributed by atoms with Crippen molar-refractivity contribution in [3.8, 4) is 0 Å². The van der Waals surface area contributed by atoms with Crippen LogP contribution >= 0.6 is 0 Å². The first-order valence-corrected chi connectivity index (χ1v) is 6.92. The van der Waals surface area contributed by atoms with E-state index in [1.54, 1.807) is 0 Å². The third-order valence-corrected chi connectivity index (χ3v) is 4.34. The van der Waals surface area contributed by atoms with Crippen LogP contribution in [0.4, 0.5) is 0 Å². The van der Waals surface area contributed by atoms with Crippen molar-refractivity contribution in [2.45, 2.75) is 44.0 Å². The highest BCUT2D eigenvalue weighted by Crippen LogP contribution is 2.37. The monoisotopic (exact) mass is 246 g/mol. The Kier molecular flexibility index (Phi) is 3.14. The highest BCUT2D eigenvalue weighted by Gasteiger charge is 2.44. The maximum atomic E-state index is 6.31. The first kappa shape index (κ1) is 12.2. The van der Waals surface area contributed by atoms with Gasteiger partial charge in [-0.1, -0.05) is 36.8 Å². The van der Waals surface area contributed by atoms with Gasteiger partial charge in [-0.15, -0.1) is 0 Å². The van der Waals surface area contributed by atoms with Gasteiger partial charge in [-0.3, -0.25) is 4.90 Å². The molecule has 3 atom stereocenters. The van der Waals surface area contributed by atoms with Crippen LogP contribution in [0.2, 0.25) is 0 Å². The summed E-state index contributed by atoms with van der Waals surface area (Å²) in [6.07, 6.45) is 3.69. The second-order valence-corrected chi connectivity index (χ2v) is 5.67. The molecular weight excluding hydrogens is 224 g/mol. The molecule has 0 spiro atoms. The molecule has 0 aromatic heterocycles. The molecule has 98 valence electrons. The summed E-state index contributed by atoms with van der Waals surface area (Å²) < 4.78 is 5.94. The number of rotatable bonds is 1. The lowest BCUT2D eigenvalue weighted by atomic mass is 9.88. The largest absolute Gasteiger partial charge is 0.358 e. The van der Waals surface area contributed by atoms with Crippen LogP contribution in [0.25, 0.3) is 0 Å². The van der Waals surface area contributed by atoms with Gasteiger partial charge in [0, 0.05) is 0 Å². The van der Waals surface area contributed by atoms with Crippen molar-refractivity contribution in [3.63, 3.8) is 0 Å². The molecule has 2 saturated heterocycles. The van der Waals surface area contributed by atoms with E-state index < -0.39 is 5.72 Å². The first-order chi connectivity index (χ1) is 8.68. The molecule has 0 radical (unpaired) electrons. The summed E-state index contributed by atoms with van der Waals surface area (Å²) in [5.41, 5.74) is 7.16. The molecule has 2 aliphatic heterocycles. The van der Waals surface area contributed by atoms with E-state index in [0.29, 0.717) is 18.7 Å². The van der Waals surface area contributed by atoms with Gasteiger partial charge in [0.05, 0.1) is 18.7 Å². The van der Waals surface area contributed by atoms with E-state index in [4.69, 9.17) is 10.5 Å². The van der Waals surface area contributed by atoms with Crippen molar-refractivity contribution >= 4 is 0 Å². The van der Waals surface area contributed by atoms with Crippen molar-refractivity contribution < 1.29 is 4.74 Å². The average molecular weight is 246 g/mol. The van der Waals surface area contributed by atoms with Crippen LogP contribution in [0.5, 0.6) is 0 Å². The van der Waals surface area contributed by atoms with Gasteiger partial charge in [0.25, 0.3) is 0 Å². The number of ether oxygens (including phenoxy) is 1. The normalized spacial score (nSPS) is 37.2. The smallest absolute Gasteiger partial charge is 0.129 e. The Bertz CT molecular complexity index is 404. The molecule has 0 aliphatic carbocycles. The molecule has 3 nitrogen and oxygen atoms in total. The molecule has 0 unspecified atom stereocenters. The number of benzene rings is 1. The van der Waals surface area contributed by atoms with Gasteiger partial charge in [-0.2, -0.15) is 0 Å². The number of fused-ring (bicyclic) bond motifs is 1. The number of nitrogens with two attached hydrogens (primary N) is 1. The minimum Gasteiger partial charge on any atom is -0.358 e. The van der Waals surface area contributed by atoms with E-state index in [9.17, 15) is 0 Å². The number of morpholine rings is 1. The van der Waals surface area contributed by atoms with Crippen LogP contribution in [-0.4, -0.2) is 29.8 Å². The average Bonchev–Trinajstić information content (AvgIpc) is 2.40. The van der Waals surface area contributed by atoms with Gasteiger partial charge in [0.1, 0.15) is 5.72 Å². The molecule has 0 saturated carbocycles. The molecule has 18 heavy (non-hydrogen) atoms. The molecule has 0 amide bonds. The number of nitrogens with zero attached hydrogens (tertiary/aromatic N) is 1. The fourth-order valence-corrected chi connectivity index (χ4v) is 3.36. The van der Waals surface area contributed by atoms with Gasteiger partial charge in [0.15, 0.2) is 0 Å². The Labute approximate surface area is 109 Å². The summed E-state index contributed by atoms with van der Waals surface area (Å²) in [7, 11) is 0. The Morgan fingerprint density at radius 2 is 2.06 bits per heavy atom. The van der Waals surface area contributed by atoms with Crippen molar-refractivity contribution in [2.24, 2.45) is 5.73 Å². The van der Waals surface area contributed by atoms with E-state index in [2.05, 4.69) is 35.2 Å². The topological polar surface area (TPSA) is 38.5 Å². The summed E-state index contributed by atoms with van der Waals surface area (Å²) in [6, 6.07) is 11.4. The van der Waals surface area contributed by atoms with Gasteiger partial charge in [0.2, 0.25) is 0 Å². The van der Waals surface area contributed by atoms with Crippen molar-refractivity contribution in [1.29, 1.82) is 0 Å². The highest BCUT2D eigenvalue weighted by molar-refractivity contribution is 5.20. The predicted molar refractivity (Wildman–Crippen MR) is 72.1 cm³/mol. The zero-order valence-corrected chi connectivity index (χ0v) is 11.0. The molecule has 3 heteroatoms. The van der Waals surface area contributed by atoms with Crippen molar-refractivity contribution in [2.75, 3.05) is 13.2 Å². The molecule has 3 rings (SSSR count). The minimum atomic E-state index is -0.494. The summed E-state index contributed by atoms with van der Waals surface area (Å²) in [5.74, 6) is 0. The SMILES string of the molecule is C[C@]1(N)OC[C@@H](c2ccccc2)N2CCCC[C@H]21. The van der Waals surface area contributed by atoms with Gasteiger partial charge in [-0.25, -0.2) is 0 Å². The van der Waals surface area contributed by atoms with Crippen LogP contribution < -0.4 is 5.73 Å². The van der Waals surface area contributed by atoms with Gasteiger partial charge in [-0.05, 0) is 31.9 Å². The van der Waals surface area contributed by atoms with Gasteiger partial charge >= 0.3 is 0 Å². The second-order valence-electron chi connectivity index (χ2n) is 5.67. The third-order valence-electron chi connectivity index (χ3n) is 4.34. The Morgan fingerprint density at radius 3 is 2.83 bits per heavy atom. The molecule has 2 N–H and O–H groups in total. The standard InChI is InChI=1S/C15H22N2O/c1-15(16)14-9-5-6-10-17(14)13(11-18-15)12-7-3-2-4-8-12/h2-4,7-8,13-14H,5-6,9-11,16H2,1H3/t13-,14-,15-/m0/s1. The molecule has 2 aliphatic rings. The second kappa shape index (κ2) is 4.65. The highest BCUT2D eigenvalue weighted by atomic mass is 16.5. The Balaban J connectivity index is 1.89. The van der Waals surface area contributed by atoms with Crippen LogP contribution in [0.3, 0.4) is 0 Å². The zero-order valence-electron chi connectivity index (χ0n) is 11.0. The van der Waals surface area contributed by atoms with Crippen LogP contribution in [0.15, 0.2) is 30.3 Å². The Hall–Kier alpha value is -0.900. The number of hydrogen-bond donors (Lipinski definition) is 1. The Morgan fingerprint density at radius 1 is 1.28 bits per heavy atom. The van der Waals surface area contributed by atoms with E-state index in [-0.39, 0.29) is 0 Å². The fourth-order valence-electron chi connectivity index (χ4n) is 3.36. The summed E-state index contributed by atoms with van der Waals surface area (Å²) in [6.45, 7) is 3.87. The number of piperidine rings is 1. The summed E-state index contributed by atoms with van der Waals surface area (Å²) >= 11 is 0. The third kappa shape index (κ3) is 2.07. The van der Waals surface area contributed by atoms with E-state index >= 15 is 0 Å². The quantitative estimate of drug-likeness (QED) is 0.826. The predicted octanol–water partition coefficient (Wildman–Crippen LogP) is 2.29. The van der Waals surface area contributed by atoms with Gasteiger partial charge < -0.3 is 10.5 Å². The molecular formula is C15H22N2O. The molecule has 1 aromatic carbocycles. The van der Waals surface area contributed by atoms with Crippen LogP contribution in [0.1, 0.15) is 37.8 Å². The minimum absolute atomic E-state index is 0.352. The lowest BCUT2D eigenvalue weighted by Crippen LogP contribution is -2.65. The van der Waals surface area contributed by atoms with Crippen LogP contribution in [0, 0.1) is 0 Å². The zero-order chi connectivity index (χ0) is 12.6. The summed E-state index contributed by atoms with van der Waals surface area (Å²) in [4.78, 5) is 2.56. The first-order valence-electron chi connectivity index (χ1n) is 6.92. The number of hydrogen-bond acceptors (Lipinski definition) is 3. The lowest BCUT2D eigenvalue weighted by molar-refractivity contribution is -0.171. The van der Waals surface area contributed by atoms with Crippen molar-refractivity contribution in [3.05, 3.63) is 35.9 Å². The fraction of sp³-hybridized carbons (Fsp3) is 0.600. The van der Waals surface area contributed by atoms with Crippen LogP contribution in [-0.2, 0) is 4.74 Å². The lowest BCUT2D eigenvalue weighted by Gasteiger charge is -2.52. The van der Waals surface area contributed by atoms with E-state index in [0.717, 1.165) is 13.0 Å².